The summed E-state index contributed by atoms with van der Waals surface area (Å²) in [4.78, 5) is 15.1. The fourth-order valence-electron chi connectivity index (χ4n) is 4.06. The number of rotatable bonds is 4. The quantitative estimate of drug-likeness (QED) is 0.863. The van der Waals surface area contributed by atoms with Crippen LogP contribution in [0.15, 0.2) is 18.5 Å². The van der Waals surface area contributed by atoms with E-state index in [1.807, 2.05) is 31.0 Å². The zero-order chi connectivity index (χ0) is 16.8. The predicted molar refractivity (Wildman–Crippen MR) is 90.5 cm³/mol. The molecule has 2 aromatic rings. The van der Waals surface area contributed by atoms with E-state index in [9.17, 15) is 4.79 Å². The van der Waals surface area contributed by atoms with E-state index < -0.39 is 0 Å². The molecule has 0 radical (unpaired) electrons. The minimum atomic E-state index is 0.148. The van der Waals surface area contributed by atoms with Crippen LogP contribution in [0.1, 0.15) is 42.1 Å². The highest BCUT2D eigenvalue weighted by molar-refractivity contribution is 5.83. The Kier molecular flexibility index (Phi) is 3.70. The van der Waals surface area contributed by atoms with Crippen LogP contribution in [0.4, 0.5) is 0 Å². The second kappa shape index (κ2) is 5.76. The molecular weight excluding hydrogens is 302 g/mol. The zero-order valence-electron chi connectivity index (χ0n) is 14.6. The fourth-order valence-corrected chi connectivity index (χ4v) is 4.06. The molecule has 2 fully saturated rings. The Morgan fingerprint density at radius 2 is 2.21 bits per heavy atom. The molecule has 24 heavy (non-hydrogen) atoms. The molecule has 1 saturated carbocycles. The number of nitrogens with zero attached hydrogens (tertiary/aromatic N) is 5. The number of hydrogen-bond donors (Lipinski definition) is 0. The summed E-state index contributed by atoms with van der Waals surface area (Å²) in [6.07, 6.45) is 7.08. The Morgan fingerprint density at radius 3 is 2.88 bits per heavy atom. The Hall–Kier alpha value is -2.11. The molecule has 0 N–H and O–H groups in total. The molecule has 128 valence electrons. The summed E-state index contributed by atoms with van der Waals surface area (Å²) in [5.41, 5.74) is 3.42. The third kappa shape index (κ3) is 2.74. The lowest BCUT2D eigenvalue weighted by atomic mass is 10.1. The topological polar surface area (TPSA) is 56.0 Å². The first kappa shape index (κ1) is 15.4. The van der Waals surface area contributed by atoms with E-state index in [2.05, 4.69) is 32.8 Å². The standard InChI is InChI=1S/C18H25N5O/c1-12-7-13(2)23(20-12)11-15-5-4-6-22(15)18(24)17-8-16(17)14-9-19-21(3)10-14/h7,9-10,15-17H,4-6,8,11H2,1-3H3/t15-,16+,17+/m0/s1. The van der Waals surface area contributed by atoms with Gasteiger partial charge in [0.05, 0.1) is 24.5 Å². The second-order valence-corrected chi connectivity index (χ2v) is 7.33. The average molecular weight is 327 g/mol. The molecule has 6 heteroatoms. The average Bonchev–Trinajstić information content (AvgIpc) is 2.83. The lowest BCUT2D eigenvalue weighted by Crippen LogP contribution is -2.39. The summed E-state index contributed by atoms with van der Waals surface area (Å²) in [5.74, 6) is 0.837. The SMILES string of the molecule is Cc1cc(C)n(C[C@@H]2CCCN2C(=O)[C@@H]2C[C@@H]2c2cnn(C)c2)n1. The van der Waals surface area contributed by atoms with Crippen molar-refractivity contribution in [1.29, 1.82) is 0 Å². The summed E-state index contributed by atoms with van der Waals surface area (Å²) >= 11 is 0. The van der Waals surface area contributed by atoms with Gasteiger partial charge in [-0.2, -0.15) is 10.2 Å². The molecule has 2 aromatic heterocycles. The highest BCUT2D eigenvalue weighted by Gasteiger charge is 2.48. The molecular formula is C18H25N5O. The fraction of sp³-hybridized carbons (Fsp3) is 0.611. The van der Waals surface area contributed by atoms with Gasteiger partial charge >= 0.3 is 0 Å². The monoisotopic (exact) mass is 327 g/mol. The molecule has 1 aliphatic carbocycles. The number of likely N-dealkylation sites (tertiary alicyclic amines) is 1. The highest BCUT2D eigenvalue weighted by atomic mass is 16.2. The maximum Gasteiger partial charge on any atom is 0.226 e. The number of carbonyl (C=O) groups is 1. The first-order valence-corrected chi connectivity index (χ1v) is 8.83. The van der Waals surface area contributed by atoms with E-state index in [4.69, 9.17) is 0 Å². The Labute approximate surface area is 142 Å². The molecule has 1 amide bonds. The molecule has 1 saturated heterocycles. The van der Waals surface area contributed by atoms with Crippen LogP contribution in [0.5, 0.6) is 0 Å². The van der Waals surface area contributed by atoms with Crippen molar-refractivity contribution in [3.8, 4) is 0 Å². The van der Waals surface area contributed by atoms with Crippen LogP contribution < -0.4 is 0 Å². The molecule has 1 aliphatic heterocycles. The summed E-state index contributed by atoms with van der Waals surface area (Å²) in [5, 5.41) is 8.79. The Bertz CT molecular complexity index is 761. The summed E-state index contributed by atoms with van der Waals surface area (Å²) in [7, 11) is 1.92. The molecule has 3 heterocycles. The van der Waals surface area contributed by atoms with E-state index in [1.165, 1.54) is 11.3 Å². The predicted octanol–water partition coefficient (Wildman–Crippen LogP) is 2.03. The molecule has 0 bridgehead atoms. The maximum atomic E-state index is 13.0. The van der Waals surface area contributed by atoms with Crippen LogP contribution in [0.3, 0.4) is 0 Å². The van der Waals surface area contributed by atoms with Crippen molar-refractivity contribution in [1.82, 2.24) is 24.5 Å². The van der Waals surface area contributed by atoms with Gasteiger partial charge in [0.25, 0.3) is 0 Å². The number of hydrogen-bond acceptors (Lipinski definition) is 3. The van der Waals surface area contributed by atoms with E-state index in [0.29, 0.717) is 11.8 Å². The zero-order valence-corrected chi connectivity index (χ0v) is 14.6. The van der Waals surface area contributed by atoms with Crippen LogP contribution >= 0.6 is 0 Å². The molecule has 0 unspecified atom stereocenters. The first-order chi connectivity index (χ1) is 11.5. The van der Waals surface area contributed by atoms with Crippen molar-refractivity contribution in [3.63, 3.8) is 0 Å². The Balaban J connectivity index is 1.43. The summed E-state index contributed by atoms with van der Waals surface area (Å²) in [6.45, 7) is 5.80. The van der Waals surface area contributed by atoms with Crippen molar-refractivity contribution >= 4 is 5.91 Å². The van der Waals surface area contributed by atoms with E-state index >= 15 is 0 Å². The van der Waals surface area contributed by atoms with Crippen molar-refractivity contribution in [2.45, 2.75) is 51.6 Å². The number of aryl methyl sites for hydroxylation is 3. The number of aromatic nitrogens is 4. The van der Waals surface area contributed by atoms with E-state index in [0.717, 1.165) is 38.0 Å². The van der Waals surface area contributed by atoms with Crippen LogP contribution in [0.2, 0.25) is 0 Å². The van der Waals surface area contributed by atoms with Crippen molar-refractivity contribution < 1.29 is 4.79 Å². The summed E-state index contributed by atoms with van der Waals surface area (Å²) < 4.78 is 3.87. The first-order valence-electron chi connectivity index (χ1n) is 8.83. The van der Waals surface area contributed by atoms with Gasteiger partial charge < -0.3 is 4.90 Å². The van der Waals surface area contributed by atoms with Gasteiger partial charge in [0.15, 0.2) is 0 Å². The highest BCUT2D eigenvalue weighted by Crippen LogP contribution is 2.49. The van der Waals surface area contributed by atoms with Crippen molar-refractivity contribution in [3.05, 3.63) is 35.4 Å². The maximum absolute atomic E-state index is 13.0. The van der Waals surface area contributed by atoms with Gasteiger partial charge in [-0.25, -0.2) is 0 Å². The van der Waals surface area contributed by atoms with Gasteiger partial charge in [0.1, 0.15) is 0 Å². The van der Waals surface area contributed by atoms with Gasteiger partial charge in [-0.1, -0.05) is 0 Å². The van der Waals surface area contributed by atoms with Gasteiger partial charge in [-0.15, -0.1) is 0 Å². The summed E-state index contributed by atoms with van der Waals surface area (Å²) in [6, 6.07) is 2.38. The van der Waals surface area contributed by atoms with Crippen LogP contribution in [-0.4, -0.2) is 43.0 Å². The minimum Gasteiger partial charge on any atom is -0.338 e. The van der Waals surface area contributed by atoms with Gasteiger partial charge in [0.2, 0.25) is 5.91 Å². The number of carbonyl (C=O) groups excluding carboxylic acids is 1. The van der Waals surface area contributed by atoms with E-state index in [1.54, 1.807) is 0 Å². The Morgan fingerprint density at radius 1 is 1.38 bits per heavy atom. The van der Waals surface area contributed by atoms with E-state index in [-0.39, 0.29) is 12.0 Å². The molecule has 6 nitrogen and oxygen atoms in total. The van der Waals surface area contributed by atoms with Gasteiger partial charge in [-0.05, 0) is 50.7 Å². The molecule has 0 aromatic carbocycles. The van der Waals surface area contributed by atoms with Gasteiger partial charge in [-0.3, -0.25) is 14.2 Å². The second-order valence-electron chi connectivity index (χ2n) is 7.33. The van der Waals surface area contributed by atoms with Crippen LogP contribution in [-0.2, 0) is 18.4 Å². The van der Waals surface area contributed by atoms with Crippen LogP contribution in [0, 0.1) is 19.8 Å². The lowest BCUT2D eigenvalue weighted by molar-refractivity contribution is -0.133. The molecule has 3 atom stereocenters. The molecule has 2 aliphatic rings. The third-order valence-corrected chi connectivity index (χ3v) is 5.41. The smallest absolute Gasteiger partial charge is 0.226 e. The van der Waals surface area contributed by atoms with Crippen LogP contribution in [0.25, 0.3) is 0 Å². The largest absolute Gasteiger partial charge is 0.338 e. The third-order valence-electron chi connectivity index (χ3n) is 5.41. The minimum absolute atomic E-state index is 0.148. The normalized spacial score (nSPS) is 26.1. The number of amides is 1. The molecule has 0 spiro atoms. The van der Waals surface area contributed by atoms with Gasteiger partial charge in [0, 0.05) is 31.4 Å². The molecule has 4 rings (SSSR count). The van der Waals surface area contributed by atoms with Crippen molar-refractivity contribution in [2.24, 2.45) is 13.0 Å². The lowest BCUT2D eigenvalue weighted by Gasteiger charge is -2.25. The van der Waals surface area contributed by atoms with Crippen molar-refractivity contribution in [2.75, 3.05) is 6.54 Å².